The van der Waals surface area contributed by atoms with Gasteiger partial charge in [-0.25, -0.2) is 0 Å². The highest BCUT2D eigenvalue weighted by atomic mass is 16.5. The van der Waals surface area contributed by atoms with Gasteiger partial charge in [0.2, 0.25) is 0 Å². The third-order valence-corrected chi connectivity index (χ3v) is 2.42. The first-order chi connectivity index (χ1) is 9.02. The topological polar surface area (TPSA) is 27.7 Å². The van der Waals surface area contributed by atoms with Crippen LogP contribution in [-0.2, 0) is 14.2 Å². The van der Waals surface area contributed by atoms with Gasteiger partial charge in [-0.1, -0.05) is 41.5 Å². The van der Waals surface area contributed by atoms with Gasteiger partial charge in [0, 0.05) is 11.8 Å². The van der Waals surface area contributed by atoms with Crippen LogP contribution in [0.3, 0.4) is 0 Å². The number of ether oxygens (including phenoxy) is 3. The van der Waals surface area contributed by atoms with Crippen molar-refractivity contribution in [2.75, 3.05) is 13.2 Å². The Balaban J connectivity index is 4.65. The zero-order chi connectivity index (χ0) is 14.7. The van der Waals surface area contributed by atoms with Crippen molar-refractivity contribution in [2.24, 2.45) is 11.8 Å². The molecule has 112 valence electrons. The molecule has 0 radical (unpaired) electrons. The van der Waals surface area contributed by atoms with E-state index in [1.165, 1.54) is 0 Å². The van der Waals surface area contributed by atoms with Crippen LogP contribution in [0.15, 0.2) is 24.0 Å². The van der Waals surface area contributed by atoms with Crippen molar-refractivity contribution < 1.29 is 14.2 Å². The van der Waals surface area contributed by atoms with E-state index in [4.69, 9.17) is 14.2 Å². The average Bonchev–Trinajstić information content (AvgIpc) is 2.35. The zero-order valence-electron chi connectivity index (χ0n) is 13.4. The molecular weight excluding hydrogens is 240 g/mol. The number of hydrogen-bond acceptors (Lipinski definition) is 3. The van der Waals surface area contributed by atoms with E-state index in [2.05, 4.69) is 41.5 Å². The second-order valence-electron chi connectivity index (χ2n) is 5.19. The molecule has 0 rings (SSSR count). The number of rotatable bonds is 10. The minimum absolute atomic E-state index is 0.283. The second kappa shape index (κ2) is 10.8. The minimum Gasteiger partial charge on any atom is -0.498 e. The molecule has 0 aromatic heterocycles. The van der Waals surface area contributed by atoms with Crippen LogP contribution in [0.4, 0.5) is 0 Å². The van der Waals surface area contributed by atoms with Crippen molar-refractivity contribution in [3.05, 3.63) is 24.0 Å². The average molecular weight is 270 g/mol. The third-order valence-electron chi connectivity index (χ3n) is 2.42. The molecular formula is C16H30O3. The van der Waals surface area contributed by atoms with Crippen LogP contribution in [-0.4, -0.2) is 13.2 Å². The highest BCUT2D eigenvalue weighted by molar-refractivity contribution is 5.01. The highest BCUT2D eigenvalue weighted by Crippen LogP contribution is 2.21. The lowest BCUT2D eigenvalue weighted by atomic mass is 10.1. The highest BCUT2D eigenvalue weighted by Gasteiger charge is 2.12. The summed E-state index contributed by atoms with van der Waals surface area (Å²) in [7, 11) is 0. The molecule has 0 aliphatic carbocycles. The van der Waals surface area contributed by atoms with Gasteiger partial charge in [-0.2, -0.15) is 0 Å². The summed E-state index contributed by atoms with van der Waals surface area (Å²) < 4.78 is 16.9. The van der Waals surface area contributed by atoms with Gasteiger partial charge in [0.25, 0.3) is 0 Å². The summed E-state index contributed by atoms with van der Waals surface area (Å²) in [5.74, 6) is 2.25. The van der Waals surface area contributed by atoms with E-state index < -0.39 is 0 Å². The molecule has 0 unspecified atom stereocenters. The Bertz CT molecular complexity index is 250. The maximum absolute atomic E-state index is 5.94. The van der Waals surface area contributed by atoms with Crippen molar-refractivity contribution in [3.63, 3.8) is 0 Å². The largest absolute Gasteiger partial charge is 0.498 e. The Morgan fingerprint density at radius 1 is 0.789 bits per heavy atom. The Morgan fingerprint density at radius 2 is 1.16 bits per heavy atom. The summed E-state index contributed by atoms with van der Waals surface area (Å²) in [5.41, 5.74) is 0. The fourth-order valence-electron chi connectivity index (χ4n) is 1.21. The van der Waals surface area contributed by atoms with Gasteiger partial charge in [-0.15, -0.1) is 0 Å². The molecule has 0 spiro atoms. The second-order valence-corrected chi connectivity index (χ2v) is 5.19. The zero-order valence-corrected chi connectivity index (χ0v) is 13.4. The summed E-state index contributed by atoms with van der Waals surface area (Å²) in [6.07, 6.45) is 5.44. The van der Waals surface area contributed by atoms with Crippen molar-refractivity contribution in [2.45, 2.75) is 54.4 Å². The lowest BCUT2D eigenvalue weighted by Crippen LogP contribution is -2.06. The molecule has 0 aromatic rings. The maximum atomic E-state index is 5.94. The SMILES string of the molecule is CCCOC=C(OC(=COCCC)C(C)C)C(C)C. The molecule has 0 aliphatic rings. The van der Waals surface area contributed by atoms with Crippen LogP contribution in [0.5, 0.6) is 0 Å². The molecule has 0 saturated carbocycles. The lowest BCUT2D eigenvalue weighted by Gasteiger charge is -2.18. The maximum Gasteiger partial charge on any atom is 0.141 e. The first-order valence-corrected chi connectivity index (χ1v) is 7.34. The van der Waals surface area contributed by atoms with Crippen molar-refractivity contribution in [1.82, 2.24) is 0 Å². The van der Waals surface area contributed by atoms with Gasteiger partial charge in [-0.05, 0) is 12.8 Å². The smallest absolute Gasteiger partial charge is 0.141 e. The Morgan fingerprint density at radius 3 is 1.42 bits per heavy atom. The van der Waals surface area contributed by atoms with Gasteiger partial charge in [0.1, 0.15) is 24.0 Å². The third kappa shape index (κ3) is 8.57. The quantitative estimate of drug-likeness (QED) is 0.419. The van der Waals surface area contributed by atoms with E-state index in [0.29, 0.717) is 13.2 Å². The molecule has 0 atom stereocenters. The van der Waals surface area contributed by atoms with Crippen LogP contribution in [0.2, 0.25) is 0 Å². The van der Waals surface area contributed by atoms with Crippen LogP contribution >= 0.6 is 0 Å². The van der Waals surface area contributed by atoms with E-state index in [0.717, 1.165) is 24.4 Å². The summed E-state index contributed by atoms with van der Waals surface area (Å²) in [4.78, 5) is 0. The normalized spacial score (nSPS) is 13.1. The standard InChI is InChI=1S/C16H30O3/c1-7-9-17-11-15(13(3)4)19-16(14(5)6)12-18-10-8-2/h11-14H,7-10H2,1-6H3. The molecule has 0 saturated heterocycles. The Hall–Kier alpha value is -1.12. The van der Waals surface area contributed by atoms with Gasteiger partial charge < -0.3 is 14.2 Å². The van der Waals surface area contributed by atoms with Gasteiger partial charge >= 0.3 is 0 Å². The van der Waals surface area contributed by atoms with E-state index in [-0.39, 0.29) is 11.8 Å². The molecule has 0 fully saturated rings. The first-order valence-electron chi connectivity index (χ1n) is 7.34. The van der Waals surface area contributed by atoms with Crippen LogP contribution < -0.4 is 0 Å². The molecule has 3 heteroatoms. The summed E-state index contributed by atoms with van der Waals surface area (Å²) in [5, 5.41) is 0. The predicted molar refractivity (Wildman–Crippen MR) is 79.4 cm³/mol. The molecule has 0 N–H and O–H groups in total. The molecule has 0 bridgehead atoms. The number of hydrogen-bond donors (Lipinski definition) is 0. The predicted octanol–water partition coefficient (Wildman–Crippen LogP) is 4.85. The van der Waals surface area contributed by atoms with E-state index in [1.807, 2.05) is 0 Å². The Kier molecular flexibility index (Phi) is 10.1. The van der Waals surface area contributed by atoms with E-state index >= 15 is 0 Å². The van der Waals surface area contributed by atoms with Crippen LogP contribution in [0.25, 0.3) is 0 Å². The van der Waals surface area contributed by atoms with Gasteiger partial charge in [0.05, 0.1) is 13.2 Å². The summed E-state index contributed by atoms with van der Waals surface area (Å²) in [6.45, 7) is 14.0. The summed E-state index contributed by atoms with van der Waals surface area (Å²) in [6, 6.07) is 0. The monoisotopic (exact) mass is 270 g/mol. The lowest BCUT2D eigenvalue weighted by molar-refractivity contribution is 0.165. The van der Waals surface area contributed by atoms with Gasteiger partial charge in [0.15, 0.2) is 0 Å². The molecule has 0 aromatic carbocycles. The van der Waals surface area contributed by atoms with Crippen LogP contribution in [0.1, 0.15) is 54.4 Å². The van der Waals surface area contributed by atoms with Gasteiger partial charge in [-0.3, -0.25) is 0 Å². The summed E-state index contributed by atoms with van der Waals surface area (Å²) >= 11 is 0. The number of allylic oxidation sites excluding steroid dienone is 2. The first kappa shape index (κ1) is 17.9. The molecule has 0 aliphatic heterocycles. The fraction of sp³-hybridized carbons (Fsp3) is 0.750. The van der Waals surface area contributed by atoms with E-state index in [9.17, 15) is 0 Å². The Labute approximate surface area is 118 Å². The van der Waals surface area contributed by atoms with Crippen molar-refractivity contribution >= 4 is 0 Å². The molecule has 19 heavy (non-hydrogen) atoms. The van der Waals surface area contributed by atoms with Crippen molar-refractivity contribution in [3.8, 4) is 0 Å². The molecule has 3 nitrogen and oxygen atoms in total. The fourth-order valence-corrected chi connectivity index (χ4v) is 1.21. The van der Waals surface area contributed by atoms with Crippen molar-refractivity contribution in [1.29, 1.82) is 0 Å². The molecule has 0 heterocycles. The minimum atomic E-state index is 0.283. The van der Waals surface area contributed by atoms with E-state index in [1.54, 1.807) is 12.5 Å². The molecule has 0 amide bonds. The van der Waals surface area contributed by atoms with Crippen LogP contribution in [0, 0.1) is 11.8 Å².